The molecule has 0 saturated carbocycles. The van der Waals surface area contributed by atoms with Gasteiger partial charge in [0.25, 0.3) is 11.5 Å². The van der Waals surface area contributed by atoms with E-state index in [4.69, 9.17) is 4.98 Å². The largest absolute Gasteiger partial charge is 0.349 e. The average Bonchev–Trinajstić information content (AvgIpc) is 3.25. The van der Waals surface area contributed by atoms with Crippen molar-refractivity contribution in [2.75, 3.05) is 19.4 Å². The second-order valence-electron chi connectivity index (χ2n) is 9.88. The van der Waals surface area contributed by atoms with Crippen LogP contribution in [-0.4, -0.2) is 50.1 Å². The average molecular weight is 519 g/mol. The molecule has 0 unspecified atom stereocenters. The monoisotopic (exact) mass is 518 g/mol. The number of nitrogens with one attached hydrogen (secondary N) is 1. The molecule has 3 aromatic carbocycles. The third-order valence-electron chi connectivity index (χ3n) is 6.84. The highest BCUT2D eigenvalue weighted by Gasteiger charge is 2.18. The molecule has 0 radical (unpaired) electrons. The van der Waals surface area contributed by atoms with Crippen molar-refractivity contribution >= 4 is 28.8 Å². The van der Waals surface area contributed by atoms with Gasteiger partial charge in [-0.25, -0.2) is 9.67 Å². The highest BCUT2D eigenvalue weighted by molar-refractivity contribution is 6.04. The number of anilines is 1. The highest BCUT2D eigenvalue weighted by Crippen LogP contribution is 2.26. The first kappa shape index (κ1) is 24.3. The maximum absolute atomic E-state index is 13.4. The quantitative estimate of drug-likeness (QED) is 0.385. The zero-order valence-corrected chi connectivity index (χ0v) is 21.6. The summed E-state index contributed by atoms with van der Waals surface area (Å²) < 4.78 is 3.37. The topological polar surface area (TPSA) is 102 Å². The lowest BCUT2D eigenvalue weighted by molar-refractivity contribution is -0.127. The van der Waals surface area contributed by atoms with Crippen LogP contribution in [0.25, 0.3) is 22.3 Å². The van der Waals surface area contributed by atoms with Crippen molar-refractivity contribution < 1.29 is 9.59 Å². The molecule has 0 saturated heterocycles. The smallest absolute Gasteiger partial charge is 0.267 e. The van der Waals surface area contributed by atoms with Gasteiger partial charge in [-0.15, -0.1) is 0 Å². The van der Waals surface area contributed by atoms with E-state index in [1.807, 2.05) is 53.1 Å². The zero-order valence-electron chi connectivity index (χ0n) is 21.6. The van der Waals surface area contributed by atoms with Gasteiger partial charge in [0.05, 0.1) is 36.2 Å². The Morgan fingerprint density at radius 1 is 0.897 bits per heavy atom. The van der Waals surface area contributed by atoms with Gasteiger partial charge < -0.3 is 9.47 Å². The molecule has 2 amide bonds. The highest BCUT2D eigenvalue weighted by atomic mass is 16.2. The molecule has 1 N–H and O–H groups in total. The van der Waals surface area contributed by atoms with E-state index >= 15 is 0 Å². The van der Waals surface area contributed by atoms with Crippen LogP contribution in [0.1, 0.15) is 27.0 Å². The Labute approximate surface area is 224 Å². The van der Waals surface area contributed by atoms with Crippen LogP contribution in [0.4, 0.5) is 5.95 Å². The van der Waals surface area contributed by atoms with Crippen LogP contribution in [0.3, 0.4) is 0 Å². The van der Waals surface area contributed by atoms with Crippen molar-refractivity contribution in [2.24, 2.45) is 0 Å². The van der Waals surface area contributed by atoms with Gasteiger partial charge in [-0.2, -0.15) is 5.10 Å². The molecule has 2 aromatic heterocycles. The molecule has 5 aromatic rings. The fourth-order valence-corrected chi connectivity index (χ4v) is 4.76. The third-order valence-corrected chi connectivity index (χ3v) is 6.84. The van der Waals surface area contributed by atoms with Crippen LogP contribution in [-0.2, 0) is 24.3 Å². The molecule has 9 nitrogen and oxygen atoms in total. The number of likely N-dealkylation sites (N-methyl/N-ethyl adjacent to an activating group) is 1. The fraction of sp³-hybridized carbons (Fsp3) is 0.167. The number of fused-ring (bicyclic) bond motifs is 10. The predicted octanol–water partition coefficient (Wildman–Crippen LogP) is 3.55. The van der Waals surface area contributed by atoms with Crippen LogP contribution in [0.5, 0.6) is 0 Å². The first-order chi connectivity index (χ1) is 18.8. The molecule has 9 heteroatoms. The Hall–Kier alpha value is -5.05. The molecule has 0 aliphatic carbocycles. The Morgan fingerprint density at radius 3 is 2.44 bits per heavy atom. The third kappa shape index (κ3) is 4.82. The van der Waals surface area contributed by atoms with Crippen LogP contribution in [0.15, 0.2) is 83.7 Å². The SMILES string of the molecule is CN(C)C(=O)Cc1ccc2c(c1)nc1n2Cc2cccc(c2)-c2ccc(=O)n(n2)Cc2cccc(c2)C(=O)N1. The number of carbonyl (C=O) groups is 2. The summed E-state index contributed by atoms with van der Waals surface area (Å²) in [6.07, 6.45) is 0.265. The van der Waals surface area contributed by atoms with E-state index in [-0.39, 0.29) is 30.3 Å². The van der Waals surface area contributed by atoms with E-state index in [0.717, 1.165) is 27.8 Å². The molecule has 0 fully saturated rings. The molecule has 1 aliphatic heterocycles. The van der Waals surface area contributed by atoms with E-state index in [2.05, 4.69) is 10.4 Å². The summed E-state index contributed by atoms with van der Waals surface area (Å²) in [7, 11) is 3.46. The molecular weight excluding hydrogens is 492 g/mol. The number of rotatable bonds is 2. The number of aromatic nitrogens is 4. The Kier molecular flexibility index (Phi) is 6.03. The molecule has 6 bridgehead atoms. The van der Waals surface area contributed by atoms with Gasteiger partial charge in [0.2, 0.25) is 11.9 Å². The summed E-state index contributed by atoms with van der Waals surface area (Å²) in [6.45, 7) is 0.677. The molecule has 6 rings (SSSR count). The molecule has 0 atom stereocenters. The number of nitrogens with zero attached hydrogens (tertiary/aromatic N) is 5. The molecule has 1 aliphatic rings. The van der Waals surface area contributed by atoms with Crippen molar-refractivity contribution in [1.29, 1.82) is 0 Å². The zero-order chi connectivity index (χ0) is 27.1. The summed E-state index contributed by atoms with van der Waals surface area (Å²) in [5.41, 5.74) is 5.92. The van der Waals surface area contributed by atoms with E-state index in [1.54, 1.807) is 43.3 Å². The second-order valence-corrected chi connectivity index (χ2v) is 9.88. The second kappa shape index (κ2) is 9.68. The maximum atomic E-state index is 13.4. The van der Waals surface area contributed by atoms with Gasteiger partial charge in [0, 0.05) is 31.3 Å². The van der Waals surface area contributed by atoms with Gasteiger partial charge in [-0.1, -0.05) is 36.4 Å². The van der Waals surface area contributed by atoms with Gasteiger partial charge in [-0.3, -0.25) is 19.7 Å². The molecule has 3 heterocycles. The van der Waals surface area contributed by atoms with Crippen molar-refractivity contribution in [3.8, 4) is 11.3 Å². The summed E-state index contributed by atoms with van der Waals surface area (Å²) in [5.74, 6) is 0.0983. The number of hydrogen-bond donors (Lipinski definition) is 1. The lowest BCUT2D eigenvalue weighted by atomic mass is 10.1. The molecule has 194 valence electrons. The van der Waals surface area contributed by atoms with Crippen molar-refractivity contribution in [3.05, 3.63) is 111 Å². The van der Waals surface area contributed by atoms with E-state index < -0.39 is 0 Å². The first-order valence-corrected chi connectivity index (χ1v) is 12.6. The lowest BCUT2D eigenvalue weighted by Gasteiger charge is -2.12. The predicted molar refractivity (Wildman–Crippen MR) is 149 cm³/mol. The summed E-state index contributed by atoms with van der Waals surface area (Å²) in [6, 6.07) is 24.1. The maximum Gasteiger partial charge on any atom is 0.267 e. The minimum absolute atomic E-state index is 0.000359. The van der Waals surface area contributed by atoms with Gasteiger partial charge >= 0.3 is 0 Å². The number of carbonyl (C=O) groups excluding carboxylic acids is 2. The number of amides is 2. The summed E-state index contributed by atoms with van der Waals surface area (Å²) in [4.78, 5) is 44.5. The standard InChI is InChI=1S/C30H26N6O3/c1-34(2)28(38)16-19-9-11-26-25(15-19)31-30-32-29(39)23-8-4-6-21(14-23)18-36-27(37)12-10-24(33-36)22-7-3-5-20(13-22)17-35(26)30/h3-15H,16-18H2,1-2H3,(H,31,32,39). The van der Waals surface area contributed by atoms with Crippen molar-refractivity contribution in [3.63, 3.8) is 0 Å². The minimum atomic E-state index is -0.311. The molecular formula is C30H26N6O3. The summed E-state index contributed by atoms with van der Waals surface area (Å²) in [5, 5.41) is 7.60. The number of benzene rings is 3. The van der Waals surface area contributed by atoms with Gasteiger partial charge in [0.15, 0.2) is 0 Å². The van der Waals surface area contributed by atoms with E-state index in [9.17, 15) is 14.4 Å². The van der Waals surface area contributed by atoms with E-state index in [0.29, 0.717) is 29.3 Å². The Balaban J connectivity index is 1.50. The number of imidazole rings is 1. The summed E-state index contributed by atoms with van der Waals surface area (Å²) >= 11 is 0. The number of hydrogen-bond acceptors (Lipinski definition) is 5. The van der Waals surface area contributed by atoms with Gasteiger partial charge in [-0.05, 0) is 53.1 Å². The normalized spacial score (nSPS) is 12.7. The van der Waals surface area contributed by atoms with Gasteiger partial charge in [0.1, 0.15) is 0 Å². The van der Waals surface area contributed by atoms with Crippen LogP contribution >= 0.6 is 0 Å². The van der Waals surface area contributed by atoms with Crippen LogP contribution < -0.4 is 10.9 Å². The minimum Gasteiger partial charge on any atom is -0.349 e. The van der Waals surface area contributed by atoms with E-state index in [1.165, 1.54) is 10.7 Å². The van der Waals surface area contributed by atoms with Crippen molar-refractivity contribution in [1.82, 2.24) is 24.2 Å². The molecule has 0 spiro atoms. The Morgan fingerprint density at radius 2 is 1.64 bits per heavy atom. The van der Waals surface area contributed by atoms with Crippen LogP contribution in [0.2, 0.25) is 0 Å². The first-order valence-electron chi connectivity index (χ1n) is 12.6. The fourth-order valence-electron chi connectivity index (χ4n) is 4.76. The Bertz CT molecular complexity index is 1820. The van der Waals surface area contributed by atoms with Crippen LogP contribution in [0, 0.1) is 0 Å². The lowest BCUT2D eigenvalue weighted by Crippen LogP contribution is -2.23. The van der Waals surface area contributed by atoms with Crippen molar-refractivity contribution in [2.45, 2.75) is 19.5 Å². The molecule has 39 heavy (non-hydrogen) atoms.